The fraction of sp³-hybridized carbons (Fsp3) is 0.800. The lowest BCUT2D eigenvalue weighted by molar-refractivity contribution is 0.130. The van der Waals surface area contributed by atoms with Crippen LogP contribution in [0.15, 0.2) is 6.07 Å². The third-order valence-corrected chi connectivity index (χ3v) is 4.54. The van der Waals surface area contributed by atoms with Gasteiger partial charge in [0.25, 0.3) is 0 Å². The van der Waals surface area contributed by atoms with E-state index in [1.165, 1.54) is 5.69 Å². The highest BCUT2D eigenvalue weighted by Gasteiger charge is 2.32. The zero-order valence-electron chi connectivity index (χ0n) is 13.4. The monoisotopic (exact) mass is 266 g/mol. The summed E-state index contributed by atoms with van der Waals surface area (Å²) in [6, 6.07) is 2.31. The van der Waals surface area contributed by atoms with Gasteiger partial charge in [-0.1, -0.05) is 13.8 Å². The van der Waals surface area contributed by atoms with Gasteiger partial charge in [-0.05, 0) is 46.9 Å². The molecule has 0 aliphatic rings. The van der Waals surface area contributed by atoms with E-state index < -0.39 is 0 Å². The normalized spacial score (nSPS) is 16.6. The summed E-state index contributed by atoms with van der Waals surface area (Å²) < 4.78 is 2.09. The molecule has 0 amide bonds. The summed E-state index contributed by atoms with van der Waals surface area (Å²) in [6.07, 6.45) is 2.90. The first kappa shape index (κ1) is 16.2. The van der Waals surface area contributed by atoms with Crippen molar-refractivity contribution >= 4 is 0 Å². The van der Waals surface area contributed by atoms with E-state index in [1.54, 1.807) is 0 Å². The van der Waals surface area contributed by atoms with Gasteiger partial charge in [-0.2, -0.15) is 5.10 Å². The Labute approximate surface area is 118 Å². The van der Waals surface area contributed by atoms with E-state index in [0.29, 0.717) is 0 Å². The van der Waals surface area contributed by atoms with Gasteiger partial charge in [0.15, 0.2) is 0 Å². The Hall–Kier alpha value is -0.870. The van der Waals surface area contributed by atoms with E-state index >= 15 is 0 Å². The molecule has 0 bridgehead atoms. The van der Waals surface area contributed by atoms with Crippen LogP contribution >= 0.6 is 0 Å². The molecule has 0 fully saturated rings. The van der Waals surface area contributed by atoms with E-state index in [9.17, 15) is 0 Å². The van der Waals surface area contributed by atoms with Crippen molar-refractivity contribution in [3.8, 4) is 0 Å². The average molecular weight is 266 g/mol. The van der Waals surface area contributed by atoms with Crippen molar-refractivity contribution in [2.45, 2.75) is 65.1 Å². The van der Waals surface area contributed by atoms with Gasteiger partial charge in [-0.25, -0.2) is 0 Å². The zero-order valence-corrected chi connectivity index (χ0v) is 13.4. The second-order valence-corrected chi connectivity index (χ2v) is 5.71. The largest absolute Gasteiger partial charge is 0.326 e. The Balaban J connectivity index is 2.92. The average Bonchev–Trinajstić information content (AvgIpc) is 2.79. The highest BCUT2D eigenvalue weighted by Crippen LogP contribution is 2.22. The Bertz CT molecular complexity index is 397. The minimum absolute atomic E-state index is 0.0230. The predicted octanol–water partition coefficient (Wildman–Crippen LogP) is 2.07. The second kappa shape index (κ2) is 6.53. The lowest BCUT2D eigenvalue weighted by atomic mass is 9.86. The van der Waals surface area contributed by atoms with Crippen molar-refractivity contribution in [1.29, 1.82) is 0 Å². The molecule has 110 valence electrons. The van der Waals surface area contributed by atoms with Crippen LogP contribution in [0.1, 0.15) is 45.5 Å². The first-order chi connectivity index (χ1) is 8.88. The molecule has 0 aliphatic heterocycles. The van der Waals surface area contributed by atoms with Crippen molar-refractivity contribution in [1.82, 2.24) is 14.7 Å². The van der Waals surface area contributed by atoms with E-state index in [-0.39, 0.29) is 11.6 Å². The topological polar surface area (TPSA) is 47.1 Å². The first-order valence-corrected chi connectivity index (χ1v) is 7.37. The molecule has 1 aromatic rings. The van der Waals surface area contributed by atoms with E-state index in [2.05, 4.69) is 62.5 Å². The summed E-state index contributed by atoms with van der Waals surface area (Å²) in [6.45, 7) is 9.63. The third-order valence-electron chi connectivity index (χ3n) is 4.54. The van der Waals surface area contributed by atoms with Crippen LogP contribution in [-0.4, -0.2) is 40.4 Å². The van der Waals surface area contributed by atoms with Crippen LogP contribution in [-0.2, 0) is 19.4 Å². The lowest BCUT2D eigenvalue weighted by Crippen LogP contribution is -2.56. The SMILES string of the molecule is CCc1cc(CC(N)C(C)(CC)N(C)C)n(CC)n1. The smallest absolute Gasteiger partial charge is 0.0624 e. The molecule has 4 heteroatoms. The molecule has 0 radical (unpaired) electrons. The van der Waals surface area contributed by atoms with Crippen molar-refractivity contribution < 1.29 is 0 Å². The minimum Gasteiger partial charge on any atom is -0.326 e. The van der Waals surface area contributed by atoms with Crippen LogP contribution in [0.25, 0.3) is 0 Å². The molecule has 1 rings (SSSR count). The van der Waals surface area contributed by atoms with Gasteiger partial charge in [-0.15, -0.1) is 0 Å². The predicted molar refractivity (Wildman–Crippen MR) is 81.3 cm³/mol. The molecule has 2 N–H and O–H groups in total. The van der Waals surface area contributed by atoms with Crippen molar-refractivity contribution in [2.75, 3.05) is 14.1 Å². The van der Waals surface area contributed by atoms with E-state index in [1.807, 2.05) is 0 Å². The zero-order chi connectivity index (χ0) is 14.6. The number of nitrogens with zero attached hydrogens (tertiary/aromatic N) is 3. The Morgan fingerprint density at radius 1 is 1.37 bits per heavy atom. The molecule has 0 aromatic carbocycles. The molecule has 19 heavy (non-hydrogen) atoms. The molecule has 0 saturated carbocycles. The first-order valence-electron chi connectivity index (χ1n) is 7.37. The number of likely N-dealkylation sites (N-methyl/N-ethyl adjacent to an activating group) is 1. The highest BCUT2D eigenvalue weighted by atomic mass is 15.3. The summed E-state index contributed by atoms with van der Waals surface area (Å²) in [5, 5.41) is 4.60. The molecular weight excluding hydrogens is 236 g/mol. The van der Waals surface area contributed by atoms with Gasteiger partial charge in [0.2, 0.25) is 0 Å². The molecule has 0 aliphatic carbocycles. The summed E-state index contributed by atoms with van der Waals surface area (Å²) in [7, 11) is 4.22. The summed E-state index contributed by atoms with van der Waals surface area (Å²) in [4.78, 5) is 2.24. The number of hydrogen-bond donors (Lipinski definition) is 1. The second-order valence-electron chi connectivity index (χ2n) is 5.71. The fourth-order valence-electron chi connectivity index (χ4n) is 2.48. The number of aryl methyl sites for hydroxylation is 2. The van der Waals surface area contributed by atoms with Crippen LogP contribution < -0.4 is 5.73 Å². The van der Waals surface area contributed by atoms with Gasteiger partial charge in [0, 0.05) is 30.2 Å². The molecule has 0 saturated heterocycles. The highest BCUT2D eigenvalue weighted by molar-refractivity contribution is 5.13. The number of nitrogens with two attached hydrogens (primary N) is 1. The molecular formula is C15H30N4. The Morgan fingerprint density at radius 2 is 2.00 bits per heavy atom. The fourth-order valence-corrected chi connectivity index (χ4v) is 2.48. The molecule has 0 spiro atoms. The van der Waals surface area contributed by atoms with Gasteiger partial charge in [-0.3, -0.25) is 4.68 Å². The quantitative estimate of drug-likeness (QED) is 0.822. The van der Waals surface area contributed by atoms with Crippen molar-refractivity contribution in [3.05, 3.63) is 17.5 Å². The van der Waals surface area contributed by atoms with Gasteiger partial charge in [0.1, 0.15) is 0 Å². The van der Waals surface area contributed by atoms with Gasteiger partial charge >= 0.3 is 0 Å². The maximum absolute atomic E-state index is 6.49. The van der Waals surface area contributed by atoms with Crippen LogP contribution in [0, 0.1) is 0 Å². The summed E-state index contributed by atoms with van der Waals surface area (Å²) in [5.74, 6) is 0. The van der Waals surface area contributed by atoms with Crippen LogP contribution in [0.5, 0.6) is 0 Å². The maximum atomic E-state index is 6.49. The maximum Gasteiger partial charge on any atom is 0.0624 e. The van der Waals surface area contributed by atoms with Crippen LogP contribution in [0.3, 0.4) is 0 Å². The summed E-state index contributed by atoms with van der Waals surface area (Å²) >= 11 is 0. The number of rotatable bonds is 7. The Kier molecular flexibility index (Phi) is 5.56. The number of hydrogen-bond acceptors (Lipinski definition) is 3. The molecule has 2 unspecified atom stereocenters. The van der Waals surface area contributed by atoms with Gasteiger partial charge < -0.3 is 10.6 Å². The lowest BCUT2D eigenvalue weighted by Gasteiger charge is -2.41. The number of aromatic nitrogens is 2. The van der Waals surface area contributed by atoms with Crippen molar-refractivity contribution in [3.63, 3.8) is 0 Å². The standard InChI is InChI=1S/C15H30N4/c1-7-12-10-13(19(9-3)17-12)11-14(16)15(4,8-2)18(5)6/h10,14H,7-9,11,16H2,1-6H3. The third kappa shape index (κ3) is 3.37. The molecule has 2 atom stereocenters. The van der Waals surface area contributed by atoms with E-state index in [0.717, 1.165) is 31.5 Å². The minimum atomic E-state index is 0.0230. The molecule has 4 nitrogen and oxygen atoms in total. The Morgan fingerprint density at radius 3 is 2.42 bits per heavy atom. The van der Waals surface area contributed by atoms with Gasteiger partial charge in [0.05, 0.1) is 5.69 Å². The van der Waals surface area contributed by atoms with Crippen LogP contribution in [0.2, 0.25) is 0 Å². The summed E-state index contributed by atoms with van der Waals surface area (Å²) in [5.41, 5.74) is 8.93. The molecule has 1 heterocycles. The van der Waals surface area contributed by atoms with Crippen molar-refractivity contribution in [2.24, 2.45) is 5.73 Å². The van der Waals surface area contributed by atoms with E-state index in [4.69, 9.17) is 5.73 Å². The molecule has 1 aromatic heterocycles. The van der Waals surface area contributed by atoms with Crippen LogP contribution in [0.4, 0.5) is 0 Å².